The highest BCUT2D eigenvalue weighted by Crippen LogP contribution is 2.54. The molecule has 0 radical (unpaired) electrons. The van der Waals surface area contributed by atoms with Gasteiger partial charge in [0, 0.05) is 16.9 Å². The molecule has 226 valence electrons. The third-order valence-corrected chi connectivity index (χ3v) is 7.85. The summed E-state index contributed by atoms with van der Waals surface area (Å²) in [4.78, 5) is 6.94. The van der Waals surface area contributed by atoms with Crippen LogP contribution in [-0.4, -0.2) is 30.5 Å². The summed E-state index contributed by atoms with van der Waals surface area (Å²) in [7, 11) is 0. The predicted molar refractivity (Wildman–Crippen MR) is 184 cm³/mol. The summed E-state index contributed by atoms with van der Waals surface area (Å²) >= 11 is 0. The number of hydrogen-bond donors (Lipinski definition) is 5. The molecular weight excluding hydrogens is 576 g/mol. The van der Waals surface area contributed by atoms with Gasteiger partial charge in [-0.05, 0) is 64.2 Å². The number of phenols is 5. The van der Waals surface area contributed by atoms with Gasteiger partial charge in [-0.15, -0.1) is 0 Å². The first-order valence-corrected chi connectivity index (χ1v) is 14.4. The molecule has 1 heterocycles. The number of para-hydroxylation sites is 1. The minimum atomic E-state index is -0.992. The minimum absolute atomic E-state index is 0.190. The fourth-order valence-corrected chi connectivity index (χ4v) is 5.40. The molecule has 46 heavy (non-hydrogen) atoms. The molecule has 5 aromatic carbocycles. The third kappa shape index (κ3) is 5.37. The molecule has 6 rings (SSSR count). The maximum Gasteiger partial charge on any atom is 0.208 e. The second kappa shape index (κ2) is 12.3. The second-order valence-electron chi connectivity index (χ2n) is 10.6. The Balaban J connectivity index is 1.26. The standard InChI is InChI=1S/C39H30N2O5/c1-3-24-18-19-31(22-25(24)4-2)41(30-8-6-5-7-9-30)32-20-21-33(40-23-32)28-14-10-26(11-15-28)27-12-16-29(17-13-27)34-35(42)37(44)39(46)38(45)36(34)43/h3-23,42-46H,1-2H2. The van der Waals surface area contributed by atoms with E-state index in [0.717, 1.165) is 50.6 Å². The highest BCUT2D eigenvalue weighted by molar-refractivity contribution is 5.86. The van der Waals surface area contributed by atoms with Gasteiger partial charge in [0.2, 0.25) is 17.2 Å². The van der Waals surface area contributed by atoms with Gasteiger partial charge in [-0.1, -0.05) is 98.1 Å². The Morgan fingerprint density at radius 3 is 1.54 bits per heavy atom. The molecule has 1 aromatic heterocycles. The van der Waals surface area contributed by atoms with E-state index >= 15 is 0 Å². The predicted octanol–water partition coefficient (Wildman–Crippen LogP) is 9.37. The zero-order valence-electron chi connectivity index (χ0n) is 24.7. The average Bonchev–Trinajstić information content (AvgIpc) is 3.11. The van der Waals surface area contributed by atoms with Crippen molar-refractivity contribution in [2.75, 3.05) is 4.90 Å². The Morgan fingerprint density at radius 2 is 1.00 bits per heavy atom. The van der Waals surface area contributed by atoms with Gasteiger partial charge in [-0.3, -0.25) is 4.98 Å². The fraction of sp³-hybridized carbons (Fsp3) is 0. The molecule has 0 aliphatic heterocycles. The molecule has 0 saturated carbocycles. The molecule has 0 fully saturated rings. The number of phenolic OH excluding ortho intramolecular Hbond substituents is 5. The molecule has 0 aliphatic rings. The zero-order valence-corrected chi connectivity index (χ0v) is 24.7. The summed E-state index contributed by atoms with van der Waals surface area (Å²) in [5.41, 5.74) is 8.56. The smallest absolute Gasteiger partial charge is 0.208 e. The van der Waals surface area contributed by atoms with Crippen molar-refractivity contribution in [2.24, 2.45) is 0 Å². The molecule has 7 heteroatoms. The number of hydrogen-bond acceptors (Lipinski definition) is 7. The molecule has 0 bridgehead atoms. The van der Waals surface area contributed by atoms with Gasteiger partial charge in [-0.25, -0.2) is 0 Å². The summed E-state index contributed by atoms with van der Waals surface area (Å²) in [6.07, 6.45) is 5.50. The number of anilines is 3. The van der Waals surface area contributed by atoms with Crippen molar-refractivity contribution in [3.8, 4) is 62.3 Å². The van der Waals surface area contributed by atoms with E-state index < -0.39 is 28.7 Å². The Bertz CT molecular complexity index is 2030. The summed E-state index contributed by atoms with van der Waals surface area (Å²) in [6.45, 7) is 7.88. The number of rotatable bonds is 8. The quantitative estimate of drug-likeness (QED) is 0.0865. The van der Waals surface area contributed by atoms with Crippen molar-refractivity contribution in [2.45, 2.75) is 0 Å². The van der Waals surface area contributed by atoms with E-state index in [0.29, 0.717) is 5.56 Å². The van der Waals surface area contributed by atoms with Crippen LogP contribution >= 0.6 is 0 Å². The summed E-state index contributed by atoms with van der Waals surface area (Å²) in [5, 5.41) is 50.0. The van der Waals surface area contributed by atoms with E-state index in [1.165, 1.54) is 0 Å². The molecule has 0 amide bonds. The van der Waals surface area contributed by atoms with Crippen LogP contribution in [0.25, 0.3) is 45.7 Å². The van der Waals surface area contributed by atoms with Gasteiger partial charge in [0.1, 0.15) is 0 Å². The van der Waals surface area contributed by atoms with Crippen LogP contribution in [0, 0.1) is 0 Å². The normalized spacial score (nSPS) is 10.8. The van der Waals surface area contributed by atoms with Gasteiger partial charge in [0.05, 0.1) is 23.1 Å². The lowest BCUT2D eigenvalue weighted by Gasteiger charge is -2.26. The van der Waals surface area contributed by atoms with Gasteiger partial charge in [-0.2, -0.15) is 0 Å². The molecule has 0 saturated heterocycles. The van der Waals surface area contributed by atoms with E-state index in [1.807, 2.05) is 79.0 Å². The van der Waals surface area contributed by atoms with Gasteiger partial charge in [0.15, 0.2) is 11.5 Å². The van der Waals surface area contributed by atoms with E-state index in [4.69, 9.17) is 4.98 Å². The van der Waals surface area contributed by atoms with Crippen LogP contribution in [0.5, 0.6) is 28.7 Å². The number of benzene rings is 5. The van der Waals surface area contributed by atoms with Crippen molar-refractivity contribution in [1.82, 2.24) is 4.98 Å². The van der Waals surface area contributed by atoms with Gasteiger partial charge >= 0.3 is 0 Å². The lowest BCUT2D eigenvalue weighted by Crippen LogP contribution is -2.10. The highest BCUT2D eigenvalue weighted by Gasteiger charge is 2.24. The van der Waals surface area contributed by atoms with Crippen LogP contribution in [0.3, 0.4) is 0 Å². The van der Waals surface area contributed by atoms with E-state index in [9.17, 15) is 25.5 Å². The third-order valence-electron chi connectivity index (χ3n) is 7.85. The average molecular weight is 607 g/mol. The lowest BCUT2D eigenvalue weighted by molar-refractivity contribution is 0.330. The zero-order chi connectivity index (χ0) is 32.4. The topological polar surface area (TPSA) is 117 Å². The molecule has 6 aromatic rings. The minimum Gasteiger partial charge on any atom is -0.504 e. The van der Waals surface area contributed by atoms with Crippen LogP contribution in [0.1, 0.15) is 11.1 Å². The van der Waals surface area contributed by atoms with Crippen LogP contribution < -0.4 is 4.90 Å². The SMILES string of the molecule is C=Cc1ccc(N(c2ccccc2)c2ccc(-c3ccc(-c4ccc(-c5c(O)c(O)c(O)c(O)c5O)cc4)cc3)nc2)cc1C=C. The first-order valence-electron chi connectivity index (χ1n) is 14.4. The maximum atomic E-state index is 10.3. The molecule has 7 nitrogen and oxygen atoms in total. The van der Waals surface area contributed by atoms with Crippen molar-refractivity contribution in [3.63, 3.8) is 0 Å². The summed E-state index contributed by atoms with van der Waals surface area (Å²) < 4.78 is 0. The van der Waals surface area contributed by atoms with Gasteiger partial charge in [0.25, 0.3) is 0 Å². The maximum absolute atomic E-state index is 10.3. The molecule has 5 N–H and O–H groups in total. The first-order chi connectivity index (χ1) is 22.3. The van der Waals surface area contributed by atoms with Crippen LogP contribution in [0.15, 0.2) is 129 Å². The Morgan fingerprint density at radius 1 is 0.478 bits per heavy atom. The fourth-order valence-electron chi connectivity index (χ4n) is 5.40. The molecule has 0 spiro atoms. The Labute approximate surface area is 266 Å². The number of pyridine rings is 1. The van der Waals surface area contributed by atoms with E-state index in [1.54, 1.807) is 24.3 Å². The Hall–Kier alpha value is -6.47. The van der Waals surface area contributed by atoms with E-state index in [-0.39, 0.29) is 5.56 Å². The number of aromatic nitrogens is 1. The molecule has 0 aliphatic carbocycles. The van der Waals surface area contributed by atoms with Crippen molar-refractivity contribution < 1.29 is 25.5 Å². The van der Waals surface area contributed by atoms with E-state index in [2.05, 4.69) is 42.3 Å². The largest absolute Gasteiger partial charge is 0.504 e. The number of nitrogens with zero attached hydrogens (tertiary/aromatic N) is 2. The second-order valence-corrected chi connectivity index (χ2v) is 10.6. The van der Waals surface area contributed by atoms with Crippen molar-refractivity contribution in [1.29, 1.82) is 0 Å². The highest BCUT2D eigenvalue weighted by atomic mass is 16.4. The van der Waals surface area contributed by atoms with Crippen LogP contribution in [0.4, 0.5) is 17.1 Å². The summed E-state index contributed by atoms with van der Waals surface area (Å²) in [5.74, 6) is -4.29. The van der Waals surface area contributed by atoms with Crippen LogP contribution in [0.2, 0.25) is 0 Å². The Kier molecular flexibility index (Phi) is 7.89. The molecule has 0 unspecified atom stereocenters. The van der Waals surface area contributed by atoms with Crippen LogP contribution in [-0.2, 0) is 0 Å². The number of aromatic hydroxyl groups is 5. The first kappa shape index (κ1) is 29.6. The van der Waals surface area contributed by atoms with Gasteiger partial charge < -0.3 is 30.4 Å². The summed E-state index contributed by atoms with van der Waals surface area (Å²) in [6, 6.07) is 35.1. The van der Waals surface area contributed by atoms with Crippen molar-refractivity contribution in [3.05, 3.63) is 140 Å². The lowest BCUT2D eigenvalue weighted by atomic mass is 9.97. The molecule has 0 atom stereocenters. The van der Waals surface area contributed by atoms with Crippen molar-refractivity contribution >= 4 is 29.2 Å². The monoisotopic (exact) mass is 606 g/mol. The molecular formula is C39H30N2O5.